The standard InChI is InChI=1S/C27H30N8O3/c1-18-7-8-28-24(13-18)31-25-16-26(30-17-29-25)34-9-11-35(12-10-34)27(36)22-15-21(32-33(22)2)20-14-19(37-3)5-6-23(20)38-4/h5-8,13-17H,9-12H2,1-4H3,(H,28,29,30,31). The summed E-state index contributed by atoms with van der Waals surface area (Å²) in [6.07, 6.45) is 3.30. The number of carbonyl (C=O) groups is 1. The lowest BCUT2D eigenvalue weighted by atomic mass is 10.1. The Balaban J connectivity index is 1.26. The molecule has 0 bridgehead atoms. The Kier molecular flexibility index (Phi) is 7.07. The lowest BCUT2D eigenvalue weighted by molar-refractivity contribution is 0.0735. The highest BCUT2D eigenvalue weighted by molar-refractivity contribution is 5.94. The molecule has 5 rings (SSSR count). The molecule has 3 aromatic heterocycles. The number of methoxy groups -OCH3 is 2. The molecule has 1 fully saturated rings. The summed E-state index contributed by atoms with van der Waals surface area (Å²) in [6.45, 7) is 4.45. The molecule has 0 atom stereocenters. The SMILES string of the molecule is COc1ccc(OC)c(-c2cc(C(=O)N3CCN(c4cc(Nc5cc(C)ccn5)ncn4)CC3)n(C)n2)c1. The van der Waals surface area contributed by atoms with Crippen LogP contribution in [-0.2, 0) is 7.05 Å². The van der Waals surface area contributed by atoms with Crippen LogP contribution < -0.4 is 19.7 Å². The van der Waals surface area contributed by atoms with Crippen LogP contribution in [0.15, 0.2) is 55.0 Å². The first kappa shape index (κ1) is 25.0. The van der Waals surface area contributed by atoms with Crippen molar-refractivity contribution in [2.45, 2.75) is 6.92 Å². The second-order valence-electron chi connectivity index (χ2n) is 8.99. The second-order valence-corrected chi connectivity index (χ2v) is 8.99. The third-order valence-electron chi connectivity index (χ3n) is 6.50. The minimum absolute atomic E-state index is 0.0664. The lowest BCUT2D eigenvalue weighted by Crippen LogP contribution is -2.49. The molecule has 1 aromatic carbocycles. The van der Waals surface area contributed by atoms with Crippen LogP contribution in [0.5, 0.6) is 11.5 Å². The summed E-state index contributed by atoms with van der Waals surface area (Å²) in [5.41, 5.74) is 3.04. The summed E-state index contributed by atoms with van der Waals surface area (Å²) in [4.78, 5) is 30.5. The first-order valence-electron chi connectivity index (χ1n) is 12.3. The molecule has 4 heterocycles. The molecular weight excluding hydrogens is 484 g/mol. The number of ether oxygens (including phenoxy) is 2. The van der Waals surface area contributed by atoms with E-state index in [9.17, 15) is 4.79 Å². The van der Waals surface area contributed by atoms with Gasteiger partial charge in [0.2, 0.25) is 0 Å². The van der Waals surface area contributed by atoms with Gasteiger partial charge in [-0.05, 0) is 48.9 Å². The Morgan fingerprint density at radius 2 is 1.71 bits per heavy atom. The zero-order valence-corrected chi connectivity index (χ0v) is 21.9. The average Bonchev–Trinajstić information content (AvgIpc) is 3.33. The Labute approximate surface area is 221 Å². The van der Waals surface area contributed by atoms with Gasteiger partial charge in [0.05, 0.1) is 19.9 Å². The van der Waals surface area contributed by atoms with Crippen LogP contribution in [0.3, 0.4) is 0 Å². The monoisotopic (exact) mass is 514 g/mol. The fourth-order valence-corrected chi connectivity index (χ4v) is 4.44. The van der Waals surface area contributed by atoms with Crippen molar-refractivity contribution in [3.8, 4) is 22.8 Å². The first-order valence-corrected chi connectivity index (χ1v) is 12.3. The van der Waals surface area contributed by atoms with E-state index in [1.807, 2.05) is 48.2 Å². The highest BCUT2D eigenvalue weighted by Crippen LogP contribution is 2.33. The van der Waals surface area contributed by atoms with Gasteiger partial charge in [-0.1, -0.05) is 0 Å². The highest BCUT2D eigenvalue weighted by atomic mass is 16.5. The molecule has 1 aliphatic rings. The zero-order chi connectivity index (χ0) is 26.6. The molecule has 11 heteroatoms. The Hall–Kier alpha value is -4.67. The number of aryl methyl sites for hydroxylation is 2. The molecule has 0 unspecified atom stereocenters. The van der Waals surface area contributed by atoms with Crippen LogP contribution in [0.4, 0.5) is 17.5 Å². The number of nitrogens with one attached hydrogen (secondary N) is 1. The number of rotatable bonds is 7. The number of benzene rings is 1. The lowest BCUT2D eigenvalue weighted by Gasteiger charge is -2.35. The van der Waals surface area contributed by atoms with Crippen molar-refractivity contribution < 1.29 is 14.3 Å². The van der Waals surface area contributed by atoms with Gasteiger partial charge in [0.1, 0.15) is 41.0 Å². The van der Waals surface area contributed by atoms with E-state index >= 15 is 0 Å². The van der Waals surface area contributed by atoms with Crippen LogP contribution in [0.1, 0.15) is 16.1 Å². The predicted molar refractivity (Wildman–Crippen MR) is 144 cm³/mol. The average molecular weight is 515 g/mol. The molecule has 1 saturated heterocycles. The molecule has 1 amide bonds. The number of hydrogen-bond acceptors (Lipinski definition) is 9. The zero-order valence-electron chi connectivity index (χ0n) is 21.9. The van der Waals surface area contributed by atoms with Gasteiger partial charge in [-0.2, -0.15) is 5.10 Å². The van der Waals surface area contributed by atoms with Gasteiger partial charge in [0.25, 0.3) is 5.91 Å². The van der Waals surface area contributed by atoms with Crippen molar-refractivity contribution in [3.05, 3.63) is 66.2 Å². The maximum Gasteiger partial charge on any atom is 0.272 e. The number of hydrogen-bond donors (Lipinski definition) is 1. The minimum atomic E-state index is -0.0664. The van der Waals surface area contributed by atoms with Crippen LogP contribution in [0.2, 0.25) is 0 Å². The van der Waals surface area contributed by atoms with E-state index in [1.54, 1.807) is 38.2 Å². The number of anilines is 3. The Morgan fingerprint density at radius 1 is 0.921 bits per heavy atom. The Bertz CT molecular complexity index is 1450. The number of piperazine rings is 1. The van der Waals surface area contributed by atoms with Crippen molar-refractivity contribution >= 4 is 23.4 Å². The van der Waals surface area contributed by atoms with Crippen LogP contribution in [0.25, 0.3) is 11.3 Å². The van der Waals surface area contributed by atoms with Crippen LogP contribution in [-0.4, -0.2) is 75.9 Å². The van der Waals surface area contributed by atoms with Crippen LogP contribution >= 0.6 is 0 Å². The first-order chi connectivity index (χ1) is 18.4. The van der Waals surface area contributed by atoms with Crippen molar-refractivity contribution in [1.82, 2.24) is 29.6 Å². The van der Waals surface area contributed by atoms with Crippen molar-refractivity contribution in [2.24, 2.45) is 7.05 Å². The minimum Gasteiger partial charge on any atom is -0.497 e. The molecule has 196 valence electrons. The third-order valence-corrected chi connectivity index (χ3v) is 6.50. The number of carbonyl (C=O) groups excluding carboxylic acids is 1. The normalized spacial score (nSPS) is 13.4. The molecule has 11 nitrogen and oxygen atoms in total. The number of amides is 1. The predicted octanol–water partition coefficient (Wildman–Crippen LogP) is 3.30. The largest absolute Gasteiger partial charge is 0.497 e. The molecule has 38 heavy (non-hydrogen) atoms. The summed E-state index contributed by atoms with van der Waals surface area (Å²) in [7, 11) is 4.99. The quantitative estimate of drug-likeness (QED) is 0.397. The molecule has 4 aromatic rings. The van der Waals surface area contributed by atoms with Gasteiger partial charge in [0.15, 0.2) is 0 Å². The summed E-state index contributed by atoms with van der Waals surface area (Å²) in [6, 6.07) is 13.1. The Morgan fingerprint density at radius 3 is 2.45 bits per heavy atom. The maximum atomic E-state index is 13.4. The molecule has 0 radical (unpaired) electrons. The third kappa shape index (κ3) is 5.22. The molecule has 0 aliphatic carbocycles. The van der Waals surface area contributed by atoms with E-state index in [0.29, 0.717) is 54.9 Å². The molecule has 1 aliphatic heterocycles. The van der Waals surface area contributed by atoms with Crippen LogP contribution in [0, 0.1) is 6.92 Å². The van der Waals surface area contributed by atoms with Gasteiger partial charge in [-0.3, -0.25) is 9.48 Å². The summed E-state index contributed by atoms with van der Waals surface area (Å²) >= 11 is 0. The molecule has 0 spiro atoms. The molecular formula is C27H30N8O3. The van der Waals surface area contributed by atoms with Gasteiger partial charge in [-0.15, -0.1) is 0 Å². The van der Waals surface area contributed by atoms with Gasteiger partial charge < -0.3 is 24.6 Å². The number of nitrogens with zero attached hydrogens (tertiary/aromatic N) is 7. The van der Waals surface area contributed by atoms with E-state index in [0.717, 1.165) is 22.8 Å². The van der Waals surface area contributed by atoms with E-state index in [4.69, 9.17) is 9.47 Å². The van der Waals surface area contributed by atoms with E-state index in [1.165, 1.54) is 6.33 Å². The number of pyridine rings is 1. The van der Waals surface area contributed by atoms with Gasteiger partial charge in [-0.25, -0.2) is 15.0 Å². The van der Waals surface area contributed by atoms with Crippen molar-refractivity contribution in [2.75, 3.05) is 50.6 Å². The molecule has 0 saturated carbocycles. The van der Waals surface area contributed by atoms with E-state index in [-0.39, 0.29) is 5.91 Å². The summed E-state index contributed by atoms with van der Waals surface area (Å²) < 4.78 is 12.5. The van der Waals surface area contributed by atoms with Crippen molar-refractivity contribution in [3.63, 3.8) is 0 Å². The summed E-state index contributed by atoms with van der Waals surface area (Å²) in [5, 5.41) is 7.82. The molecule has 1 N–H and O–H groups in total. The van der Waals surface area contributed by atoms with Gasteiger partial charge in [0, 0.05) is 51.1 Å². The number of aromatic nitrogens is 5. The summed E-state index contributed by atoms with van der Waals surface area (Å²) in [5.74, 6) is 3.48. The van der Waals surface area contributed by atoms with Gasteiger partial charge >= 0.3 is 0 Å². The fourth-order valence-electron chi connectivity index (χ4n) is 4.44. The van der Waals surface area contributed by atoms with E-state index < -0.39 is 0 Å². The smallest absolute Gasteiger partial charge is 0.272 e. The highest BCUT2D eigenvalue weighted by Gasteiger charge is 2.26. The topological polar surface area (TPSA) is 111 Å². The van der Waals surface area contributed by atoms with E-state index in [2.05, 4.69) is 30.3 Å². The second kappa shape index (κ2) is 10.8. The fraction of sp³-hybridized carbons (Fsp3) is 0.296. The maximum absolute atomic E-state index is 13.4. The van der Waals surface area contributed by atoms with Crippen molar-refractivity contribution in [1.29, 1.82) is 0 Å².